The molecular weight excluding hydrogens is 639 g/mol. The van der Waals surface area contributed by atoms with Crippen LogP contribution in [0.4, 0.5) is 5.95 Å². The fourth-order valence-corrected chi connectivity index (χ4v) is 6.96. The van der Waals surface area contributed by atoms with Crippen molar-refractivity contribution in [2.24, 2.45) is 5.41 Å². The van der Waals surface area contributed by atoms with Gasteiger partial charge in [0.05, 0.1) is 23.8 Å². The average molecular weight is 677 g/mol. The van der Waals surface area contributed by atoms with Crippen LogP contribution in [0.1, 0.15) is 56.3 Å². The number of nitrogens with zero attached hydrogens (tertiary/aromatic N) is 3. The number of aromatic nitrogens is 2. The van der Waals surface area contributed by atoms with E-state index in [2.05, 4.69) is 61.5 Å². The highest BCUT2D eigenvalue weighted by Crippen LogP contribution is 2.52. The molecule has 3 aromatic rings. The Morgan fingerprint density at radius 3 is 2.52 bits per heavy atom. The summed E-state index contributed by atoms with van der Waals surface area (Å²) in [4.78, 5) is 11.7. The lowest BCUT2D eigenvalue weighted by molar-refractivity contribution is 0.175. The molecule has 1 fully saturated rings. The van der Waals surface area contributed by atoms with Gasteiger partial charge in [-0.2, -0.15) is 4.98 Å². The summed E-state index contributed by atoms with van der Waals surface area (Å²) in [6.07, 6.45) is 4.72. The summed E-state index contributed by atoms with van der Waals surface area (Å²) in [7, 11) is 3.24. The zero-order valence-corrected chi connectivity index (χ0v) is 26.7. The highest BCUT2D eigenvalue weighted by Gasteiger charge is 2.50. The number of anilines is 1. The van der Waals surface area contributed by atoms with Gasteiger partial charge < -0.3 is 23.7 Å². The number of methoxy groups -OCH3 is 2. The quantitative estimate of drug-likeness (QED) is 0.243. The van der Waals surface area contributed by atoms with Crippen LogP contribution in [0, 0.1) is 8.99 Å². The van der Waals surface area contributed by atoms with Crippen molar-refractivity contribution >= 4 is 39.9 Å². The maximum Gasteiger partial charge on any atom is 0.232 e. The third-order valence-electron chi connectivity index (χ3n) is 7.87. The molecule has 0 bridgehead atoms. The van der Waals surface area contributed by atoms with Crippen molar-refractivity contribution in [1.29, 1.82) is 0 Å². The molecule has 1 unspecified atom stereocenters. The molecule has 214 valence electrons. The maximum atomic E-state index is 13.2. The first-order valence-electron chi connectivity index (χ1n) is 13.5. The molecule has 2 atom stereocenters. The third-order valence-corrected chi connectivity index (χ3v) is 10.2. The Balaban J connectivity index is 1.29. The normalized spacial score (nSPS) is 18.9. The van der Waals surface area contributed by atoms with Crippen LogP contribution in [-0.4, -0.2) is 46.6 Å². The van der Waals surface area contributed by atoms with E-state index in [1.165, 1.54) is 11.1 Å². The highest BCUT2D eigenvalue weighted by molar-refractivity contribution is 14.1. The molecule has 5 rings (SSSR count). The molecule has 10 heteroatoms. The number of fused-ring (bicyclic) bond motifs is 1. The molecule has 1 aromatic heterocycles. The summed E-state index contributed by atoms with van der Waals surface area (Å²) in [5.74, 6) is 2.59. The lowest BCUT2D eigenvalue weighted by Gasteiger charge is -2.43. The molecule has 1 saturated heterocycles. The third kappa shape index (κ3) is 6.00. The van der Waals surface area contributed by atoms with E-state index >= 15 is 0 Å². The van der Waals surface area contributed by atoms with Crippen LogP contribution in [0.2, 0.25) is 0 Å². The van der Waals surface area contributed by atoms with Crippen molar-refractivity contribution < 1.29 is 18.8 Å². The van der Waals surface area contributed by atoms with Crippen LogP contribution in [0.15, 0.2) is 48.7 Å². The second-order valence-electron chi connectivity index (χ2n) is 11.5. The van der Waals surface area contributed by atoms with Crippen LogP contribution < -0.4 is 23.8 Å². The largest absolute Gasteiger partial charge is 0.598 e. The SMILES string of the molecule is COc1ccc(COc2nc(N3CCC4(CC3)Cc3ccccc3[C@H]4N[S+]([O-])C(C)(C)C)ncc2I)cc1OC. The molecular formula is C30H37IN4O4S. The Bertz CT molecular complexity index is 1340. The Kier molecular flexibility index (Phi) is 8.70. The number of ether oxygens (including phenoxy) is 3. The van der Waals surface area contributed by atoms with Crippen LogP contribution >= 0.6 is 22.6 Å². The number of rotatable bonds is 8. The number of hydrogen-bond donors (Lipinski definition) is 1. The first kappa shape index (κ1) is 29.2. The first-order valence-corrected chi connectivity index (χ1v) is 15.7. The maximum absolute atomic E-state index is 13.2. The van der Waals surface area contributed by atoms with Crippen LogP contribution in [0.3, 0.4) is 0 Å². The van der Waals surface area contributed by atoms with Gasteiger partial charge in [-0.05, 0) is 91.4 Å². The van der Waals surface area contributed by atoms with E-state index in [4.69, 9.17) is 19.2 Å². The zero-order valence-electron chi connectivity index (χ0n) is 23.7. The van der Waals surface area contributed by atoms with Crippen LogP contribution in [0.25, 0.3) is 0 Å². The molecule has 0 saturated carbocycles. The van der Waals surface area contributed by atoms with Crippen molar-refractivity contribution in [3.8, 4) is 17.4 Å². The van der Waals surface area contributed by atoms with Crippen molar-refractivity contribution in [3.05, 3.63) is 68.9 Å². The van der Waals surface area contributed by atoms with Gasteiger partial charge in [0.15, 0.2) is 11.5 Å². The lowest BCUT2D eigenvalue weighted by Crippen LogP contribution is -2.50. The standard InChI is InChI=1S/C30H37IN4O4S/c1-29(2,3)40(36)34-26-22-9-7-6-8-21(22)17-30(26)12-14-35(15-13-30)28-32-18-23(31)27(33-28)39-19-20-10-11-24(37-4)25(16-20)38-5/h6-11,16,18,26,34H,12-15,17,19H2,1-5H3/t26-,40?/m1/s1. The molecule has 0 amide bonds. The second-order valence-corrected chi connectivity index (χ2v) is 14.6. The number of benzene rings is 2. The van der Waals surface area contributed by atoms with E-state index in [0.717, 1.165) is 41.5 Å². The van der Waals surface area contributed by atoms with E-state index in [1.54, 1.807) is 14.2 Å². The summed E-state index contributed by atoms with van der Waals surface area (Å²) in [6.45, 7) is 8.06. The Labute approximate surface area is 253 Å². The summed E-state index contributed by atoms with van der Waals surface area (Å²) in [6, 6.07) is 14.4. The average Bonchev–Trinajstić information content (AvgIpc) is 3.24. The van der Waals surface area contributed by atoms with Gasteiger partial charge in [0, 0.05) is 36.1 Å². The number of nitrogens with one attached hydrogen (secondary N) is 1. The summed E-state index contributed by atoms with van der Waals surface area (Å²) >= 11 is 1.06. The molecule has 1 spiro atoms. The van der Waals surface area contributed by atoms with Gasteiger partial charge >= 0.3 is 0 Å². The monoisotopic (exact) mass is 676 g/mol. The van der Waals surface area contributed by atoms with Gasteiger partial charge in [-0.3, -0.25) is 0 Å². The minimum absolute atomic E-state index is 0.0110. The van der Waals surface area contributed by atoms with Gasteiger partial charge in [0.2, 0.25) is 11.8 Å². The number of halogens is 1. The van der Waals surface area contributed by atoms with Gasteiger partial charge in [-0.1, -0.05) is 30.3 Å². The van der Waals surface area contributed by atoms with Gasteiger partial charge in [-0.15, -0.1) is 4.72 Å². The molecule has 1 N–H and O–H groups in total. The Morgan fingerprint density at radius 1 is 1.10 bits per heavy atom. The molecule has 1 aliphatic heterocycles. The summed E-state index contributed by atoms with van der Waals surface area (Å²) in [5.41, 5.74) is 3.61. The molecule has 2 aromatic carbocycles. The second kappa shape index (κ2) is 11.9. The summed E-state index contributed by atoms with van der Waals surface area (Å²) < 4.78 is 34.1. The van der Waals surface area contributed by atoms with E-state index in [-0.39, 0.29) is 16.2 Å². The zero-order chi connectivity index (χ0) is 28.5. The molecule has 2 aliphatic rings. The predicted octanol–water partition coefficient (Wildman–Crippen LogP) is 5.61. The highest BCUT2D eigenvalue weighted by atomic mass is 127. The Hall–Kier alpha value is -2.28. The molecule has 2 heterocycles. The predicted molar refractivity (Wildman–Crippen MR) is 166 cm³/mol. The topological polar surface area (TPSA) is 91.8 Å². The van der Waals surface area contributed by atoms with E-state index < -0.39 is 11.4 Å². The van der Waals surface area contributed by atoms with Gasteiger partial charge in [0.25, 0.3) is 0 Å². The number of piperidine rings is 1. The fraction of sp³-hybridized carbons (Fsp3) is 0.467. The van der Waals surface area contributed by atoms with E-state index in [0.29, 0.717) is 29.9 Å². The van der Waals surface area contributed by atoms with Gasteiger partial charge in [-0.25, -0.2) is 4.98 Å². The van der Waals surface area contributed by atoms with Crippen LogP contribution in [0.5, 0.6) is 17.4 Å². The van der Waals surface area contributed by atoms with Crippen molar-refractivity contribution in [2.75, 3.05) is 32.2 Å². The minimum Gasteiger partial charge on any atom is -0.598 e. The van der Waals surface area contributed by atoms with E-state index in [9.17, 15) is 4.55 Å². The molecule has 1 aliphatic carbocycles. The van der Waals surface area contributed by atoms with E-state index in [1.807, 2.05) is 45.2 Å². The minimum atomic E-state index is -1.16. The number of hydrogen-bond acceptors (Lipinski definition) is 8. The molecule has 40 heavy (non-hydrogen) atoms. The molecule has 0 radical (unpaired) electrons. The van der Waals surface area contributed by atoms with Crippen molar-refractivity contribution in [1.82, 2.24) is 14.7 Å². The van der Waals surface area contributed by atoms with Gasteiger partial charge in [0.1, 0.15) is 11.4 Å². The fourth-order valence-electron chi connectivity index (χ4n) is 5.60. The lowest BCUT2D eigenvalue weighted by atomic mass is 9.73. The first-order chi connectivity index (χ1) is 19.1. The summed E-state index contributed by atoms with van der Waals surface area (Å²) in [5, 5.41) is 0. The van der Waals surface area contributed by atoms with Crippen molar-refractivity contribution in [2.45, 2.75) is 57.4 Å². The Morgan fingerprint density at radius 2 is 1.82 bits per heavy atom. The van der Waals surface area contributed by atoms with Crippen LogP contribution in [-0.2, 0) is 24.4 Å². The molecule has 8 nitrogen and oxygen atoms in total. The van der Waals surface area contributed by atoms with Crippen molar-refractivity contribution in [3.63, 3.8) is 0 Å². The smallest absolute Gasteiger partial charge is 0.232 e.